The molecule has 1 aromatic carbocycles. The van der Waals surface area contributed by atoms with E-state index in [1.807, 2.05) is 6.07 Å². The van der Waals surface area contributed by atoms with E-state index in [0.717, 1.165) is 11.3 Å². The molecule has 0 aliphatic heterocycles. The second-order valence-corrected chi connectivity index (χ2v) is 3.90. The van der Waals surface area contributed by atoms with E-state index < -0.39 is 0 Å². The summed E-state index contributed by atoms with van der Waals surface area (Å²) in [6.45, 7) is 0.528. The number of aromatic nitrogens is 1. The van der Waals surface area contributed by atoms with Gasteiger partial charge in [0.05, 0.1) is 0 Å². The average molecular weight is 260 g/mol. The molecule has 98 valence electrons. The van der Waals surface area contributed by atoms with Crippen LogP contribution in [0.2, 0.25) is 0 Å². The van der Waals surface area contributed by atoms with Crippen molar-refractivity contribution in [2.75, 3.05) is 5.32 Å². The van der Waals surface area contributed by atoms with Crippen LogP contribution in [0.25, 0.3) is 0 Å². The van der Waals surface area contributed by atoms with Gasteiger partial charge < -0.3 is 16.3 Å². The van der Waals surface area contributed by atoms with Gasteiger partial charge in [-0.1, -0.05) is 5.16 Å². The summed E-state index contributed by atoms with van der Waals surface area (Å²) in [4.78, 5) is 3.98. The van der Waals surface area contributed by atoms with E-state index in [9.17, 15) is 4.39 Å². The summed E-state index contributed by atoms with van der Waals surface area (Å²) in [5, 5.41) is 14.6. The van der Waals surface area contributed by atoms with Gasteiger partial charge in [-0.25, -0.2) is 4.39 Å². The number of anilines is 1. The summed E-state index contributed by atoms with van der Waals surface area (Å²) in [5.41, 5.74) is 7.59. The summed E-state index contributed by atoms with van der Waals surface area (Å²) >= 11 is 0. The Balaban J connectivity index is 2.05. The van der Waals surface area contributed by atoms with Crippen LogP contribution >= 0.6 is 0 Å². The van der Waals surface area contributed by atoms with E-state index in [4.69, 9.17) is 10.9 Å². The molecule has 4 N–H and O–H groups in total. The molecule has 2 rings (SSSR count). The standard InChI is InChI=1S/C13H13FN4O/c14-10-1-3-11(4-2-10)17-8-9-5-6-16-12(7-9)13(15)18-19/h1-7,17,19H,8H2,(H2,15,18). The fraction of sp³-hybridized carbons (Fsp3) is 0.0769. The highest BCUT2D eigenvalue weighted by Gasteiger charge is 2.02. The van der Waals surface area contributed by atoms with Crippen LogP contribution in [0.4, 0.5) is 10.1 Å². The lowest BCUT2D eigenvalue weighted by Gasteiger charge is -2.07. The molecule has 0 saturated heterocycles. The van der Waals surface area contributed by atoms with Crippen molar-refractivity contribution < 1.29 is 9.60 Å². The smallest absolute Gasteiger partial charge is 0.188 e. The Morgan fingerprint density at radius 1 is 1.32 bits per heavy atom. The van der Waals surface area contributed by atoms with Gasteiger partial charge in [-0.3, -0.25) is 4.98 Å². The Kier molecular flexibility index (Phi) is 3.92. The lowest BCUT2D eigenvalue weighted by atomic mass is 10.2. The molecule has 0 amide bonds. The van der Waals surface area contributed by atoms with Crippen molar-refractivity contribution in [1.29, 1.82) is 0 Å². The molecule has 0 saturated carbocycles. The van der Waals surface area contributed by atoms with Crippen molar-refractivity contribution in [1.82, 2.24) is 4.98 Å². The molecule has 5 nitrogen and oxygen atoms in total. The molecule has 19 heavy (non-hydrogen) atoms. The second kappa shape index (κ2) is 5.81. The number of amidine groups is 1. The first kappa shape index (κ1) is 12.8. The topological polar surface area (TPSA) is 83.5 Å². The van der Waals surface area contributed by atoms with Crippen LogP contribution in [0.1, 0.15) is 11.3 Å². The van der Waals surface area contributed by atoms with Crippen molar-refractivity contribution in [2.24, 2.45) is 10.9 Å². The summed E-state index contributed by atoms with van der Waals surface area (Å²) in [6.07, 6.45) is 1.58. The average Bonchev–Trinajstić information content (AvgIpc) is 2.46. The highest BCUT2D eigenvalue weighted by atomic mass is 19.1. The summed E-state index contributed by atoms with van der Waals surface area (Å²) in [7, 11) is 0. The predicted molar refractivity (Wildman–Crippen MR) is 70.5 cm³/mol. The summed E-state index contributed by atoms with van der Waals surface area (Å²) in [5.74, 6) is -0.313. The molecular weight excluding hydrogens is 247 g/mol. The van der Waals surface area contributed by atoms with E-state index in [-0.39, 0.29) is 11.7 Å². The van der Waals surface area contributed by atoms with Gasteiger partial charge in [0, 0.05) is 18.4 Å². The molecule has 0 spiro atoms. The van der Waals surface area contributed by atoms with Crippen molar-refractivity contribution in [2.45, 2.75) is 6.54 Å². The van der Waals surface area contributed by atoms with Gasteiger partial charge in [0.25, 0.3) is 0 Å². The van der Waals surface area contributed by atoms with Gasteiger partial charge in [-0.15, -0.1) is 0 Å². The second-order valence-electron chi connectivity index (χ2n) is 3.90. The predicted octanol–water partition coefficient (Wildman–Crippen LogP) is 1.93. The zero-order valence-electron chi connectivity index (χ0n) is 10.0. The minimum atomic E-state index is -0.274. The largest absolute Gasteiger partial charge is 0.409 e. The van der Waals surface area contributed by atoms with Crippen LogP contribution in [0.3, 0.4) is 0 Å². The lowest BCUT2D eigenvalue weighted by Crippen LogP contribution is -2.15. The van der Waals surface area contributed by atoms with Gasteiger partial charge in [0.15, 0.2) is 5.84 Å². The number of nitrogens with two attached hydrogens (primary N) is 1. The monoisotopic (exact) mass is 260 g/mol. The molecule has 0 fully saturated rings. The molecule has 0 aliphatic rings. The Bertz CT molecular complexity index is 583. The molecular formula is C13H13FN4O. The minimum absolute atomic E-state index is 0.0383. The third kappa shape index (κ3) is 3.41. The number of pyridine rings is 1. The van der Waals surface area contributed by atoms with Gasteiger partial charge in [-0.05, 0) is 42.0 Å². The number of rotatable bonds is 4. The summed E-state index contributed by atoms with van der Waals surface area (Å²) < 4.78 is 12.7. The van der Waals surface area contributed by atoms with Crippen molar-refractivity contribution in [3.63, 3.8) is 0 Å². The van der Waals surface area contributed by atoms with E-state index in [1.165, 1.54) is 12.1 Å². The first-order chi connectivity index (χ1) is 9.19. The number of nitrogens with one attached hydrogen (secondary N) is 1. The van der Waals surface area contributed by atoms with E-state index in [1.54, 1.807) is 24.4 Å². The highest BCUT2D eigenvalue weighted by molar-refractivity contribution is 5.95. The first-order valence-electron chi connectivity index (χ1n) is 5.61. The highest BCUT2D eigenvalue weighted by Crippen LogP contribution is 2.10. The number of nitrogens with zero attached hydrogens (tertiary/aromatic N) is 2. The van der Waals surface area contributed by atoms with E-state index >= 15 is 0 Å². The summed E-state index contributed by atoms with van der Waals surface area (Å²) in [6, 6.07) is 9.60. The fourth-order valence-electron chi connectivity index (χ4n) is 1.55. The van der Waals surface area contributed by atoms with Crippen LogP contribution < -0.4 is 11.1 Å². The van der Waals surface area contributed by atoms with Crippen LogP contribution in [0, 0.1) is 5.82 Å². The SMILES string of the molecule is NC(=NO)c1cc(CNc2ccc(F)cc2)ccn1. The lowest BCUT2D eigenvalue weighted by molar-refractivity contribution is 0.318. The number of benzene rings is 1. The first-order valence-corrected chi connectivity index (χ1v) is 5.61. The van der Waals surface area contributed by atoms with Crippen LogP contribution in [0.15, 0.2) is 47.8 Å². The van der Waals surface area contributed by atoms with Crippen LogP contribution in [-0.4, -0.2) is 16.0 Å². The zero-order chi connectivity index (χ0) is 13.7. The maximum atomic E-state index is 12.7. The molecule has 0 atom stereocenters. The Labute approximate surface area is 109 Å². The molecule has 1 heterocycles. The third-order valence-electron chi connectivity index (χ3n) is 2.54. The van der Waals surface area contributed by atoms with Gasteiger partial charge >= 0.3 is 0 Å². The van der Waals surface area contributed by atoms with Gasteiger partial charge in [0.1, 0.15) is 11.5 Å². The minimum Gasteiger partial charge on any atom is -0.409 e. The Morgan fingerprint density at radius 2 is 2.05 bits per heavy atom. The molecule has 6 heteroatoms. The number of hydrogen-bond acceptors (Lipinski definition) is 4. The van der Waals surface area contributed by atoms with E-state index in [2.05, 4.69) is 15.5 Å². The molecule has 0 radical (unpaired) electrons. The maximum absolute atomic E-state index is 12.7. The normalized spacial score (nSPS) is 11.3. The fourth-order valence-corrected chi connectivity index (χ4v) is 1.55. The van der Waals surface area contributed by atoms with E-state index in [0.29, 0.717) is 12.2 Å². The molecule has 1 aromatic heterocycles. The van der Waals surface area contributed by atoms with Gasteiger partial charge in [0.2, 0.25) is 0 Å². The molecule has 0 aliphatic carbocycles. The Hall–Kier alpha value is -2.63. The van der Waals surface area contributed by atoms with Gasteiger partial charge in [-0.2, -0.15) is 0 Å². The van der Waals surface area contributed by atoms with Crippen LogP contribution in [-0.2, 0) is 6.54 Å². The zero-order valence-corrected chi connectivity index (χ0v) is 10.0. The molecule has 0 bridgehead atoms. The molecule has 2 aromatic rings. The quantitative estimate of drug-likeness (QED) is 0.339. The van der Waals surface area contributed by atoms with Crippen molar-refractivity contribution in [3.8, 4) is 0 Å². The number of halogens is 1. The number of hydrogen-bond donors (Lipinski definition) is 3. The number of oxime groups is 1. The molecule has 0 unspecified atom stereocenters. The maximum Gasteiger partial charge on any atom is 0.188 e. The Morgan fingerprint density at radius 3 is 2.74 bits per heavy atom. The van der Waals surface area contributed by atoms with Crippen molar-refractivity contribution >= 4 is 11.5 Å². The third-order valence-corrected chi connectivity index (χ3v) is 2.54. The van der Waals surface area contributed by atoms with Crippen LogP contribution in [0.5, 0.6) is 0 Å². The van der Waals surface area contributed by atoms with Crippen molar-refractivity contribution in [3.05, 3.63) is 59.7 Å².